The Bertz CT molecular complexity index is 286. The average molecular weight is 288 g/mol. The highest BCUT2D eigenvalue weighted by molar-refractivity contribution is 6.20. The first kappa shape index (κ1) is 15.6. The maximum absolute atomic E-state index is 11.8. The molecule has 1 aliphatic heterocycles. The number of rotatable bonds is 4. The molecule has 7 heteroatoms. The molecule has 0 N–H and O–H groups in total. The molecule has 1 fully saturated rings. The van der Waals surface area contributed by atoms with Crippen LogP contribution < -0.4 is 0 Å². The molecule has 3 nitrogen and oxygen atoms in total. The lowest BCUT2D eigenvalue weighted by Gasteiger charge is -2.34. The number of amides is 1. The van der Waals surface area contributed by atoms with E-state index in [-0.39, 0.29) is 30.2 Å². The quantitative estimate of drug-likeness (QED) is 0.587. The molecule has 1 rings (SSSR count). The summed E-state index contributed by atoms with van der Waals surface area (Å²) >= 11 is 6.03. The van der Waals surface area contributed by atoms with Crippen LogP contribution in [0.3, 0.4) is 0 Å². The molecular weight excluding hydrogens is 271 g/mol. The van der Waals surface area contributed by atoms with E-state index in [0.29, 0.717) is 13.1 Å². The van der Waals surface area contributed by atoms with E-state index in [9.17, 15) is 18.0 Å². The number of hydrogen-bond donors (Lipinski definition) is 0. The van der Waals surface area contributed by atoms with E-state index >= 15 is 0 Å². The lowest BCUT2D eigenvalue weighted by Crippen LogP contribution is -2.43. The number of hydrogen-bond acceptors (Lipinski definition) is 2. The second-order valence-electron chi connectivity index (χ2n) is 4.54. The van der Waals surface area contributed by atoms with Gasteiger partial charge in [-0.05, 0) is 12.3 Å². The summed E-state index contributed by atoms with van der Waals surface area (Å²) in [5, 5.41) is 0.0653. The molecule has 106 valence electrons. The molecule has 18 heavy (non-hydrogen) atoms. The molecule has 1 saturated heterocycles. The van der Waals surface area contributed by atoms with Crippen molar-refractivity contribution in [2.24, 2.45) is 5.92 Å². The first-order chi connectivity index (χ1) is 8.29. The number of carbonyl (C=O) groups is 1. The van der Waals surface area contributed by atoms with Crippen molar-refractivity contribution in [1.29, 1.82) is 0 Å². The number of halogens is 4. The molecule has 0 aromatic rings. The van der Waals surface area contributed by atoms with Crippen LogP contribution in [0.2, 0.25) is 0 Å². The maximum atomic E-state index is 11.8. The summed E-state index contributed by atoms with van der Waals surface area (Å²) in [5.74, 6) is 0.0352. The molecule has 0 aromatic carbocycles. The minimum atomic E-state index is -4.34. The van der Waals surface area contributed by atoms with E-state index < -0.39 is 12.8 Å². The number of nitrogens with zero attached hydrogens (tertiary/aromatic N) is 1. The second-order valence-corrected chi connectivity index (χ2v) is 5.10. The standard InChI is InChI=1S/C11H17ClF3NO2/c1-8-6-16(4-2-9(8)12)10(17)3-5-18-7-11(13,14)15/h8-9H,2-7H2,1H3. The zero-order valence-corrected chi connectivity index (χ0v) is 10.9. The van der Waals surface area contributed by atoms with Gasteiger partial charge < -0.3 is 9.64 Å². The van der Waals surface area contributed by atoms with Gasteiger partial charge in [0.05, 0.1) is 13.0 Å². The van der Waals surface area contributed by atoms with Gasteiger partial charge in [0.1, 0.15) is 6.61 Å². The Morgan fingerprint density at radius 3 is 2.72 bits per heavy atom. The van der Waals surface area contributed by atoms with Crippen molar-refractivity contribution in [1.82, 2.24) is 4.90 Å². The summed E-state index contributed by atoms with van der Waals surface area (Å²) in [5.41, 5.74) is 0. The smallest absolute Gasteiger partial charge is 0.372 e. The predicted octanol–water partition coefficient (Wildman–Crippen LogP) is 2.43. The summed E-state index contributed by atoms with van der Waals surface area (Å²) in [6, 6.07) is 0. The van der Waals surface area contributed by atoms with Crippen molar-refractivity contribution in [3.05, 3.63) is 0 Å². The summed E-state index contributed by atoms with van der Waals surface area (Å²) in [6.07, 6.45) is -3.64. The third-order valence-electron chi connectivity index (χ3n) is 2.88. The van der Waals surface area contributed by atoms with E-state index in [1.807, 2.05) is 6.92 Å². The number of carbonyl (C=O) groups excluding carboxylic acids is 1. The molecule has 0 bridgehead atoms. The number of ether oxygens (including phenoxy) is 1. The lowest BCUT2D eigenvalue weighted by atomic mass is 9.99. The summed E-state index contributed by atoms with van der Waals surface area (Å²) in [7, 11) is 0. The van der Waals surface area contributed by atoms with Crippen LogP contribution >= 0.6 is 11.6 Å². The molecule has 0 spiro atoms. The molecule has 0 aromatic heterocycles. The Morgan fingerprint density at radius 2 is 2.17 bits per heavy atom. The molecule has 0 saturated carbocycles. The molecular formula is C11H17ClF3NO2. The first-order valence-corrected chi connectivity index (χ1v) is 6.29. The monoisotopic (exact) mass is 287 g/mol. The van der Waals surface area contributed by atoms with Crippen LogP contribution in [-0.2, 0) is 9.53 Å². The van der Waals surface area contributed by atoms with Gasteiger partial charge in [0, 0.05) is 18.5 Å². The molecule has 2 unspecified atom stereocenters. The average Bonchev–Trinajstić information content (AvgIpc) is 2.26. The number of alkyl halides is 4. The Hall–Kier alpha value is -0.490. The van der Waals surface area contributed by atoms with Gasteiger partial charge in [0.25, 0.3) is 0 Å². The van der Waals surface area contributed by atoms with Crippen LogP contribution in [0.5, 0.6) is 0 Å². The molecule has 1 heterocycles. The topological polar surface area (TPSA) is 29.5 Å². The molecule has 0 radical (unpaired) electrons. The lowest BCUT2D eigenvalue weighted by molar-refractivity contribution is -0.175. The fourth-order valence-electron chi connectivity index (χ4n) is 1.85. The van der Waals surface area contributed by atoms with E-state index in [1.54, 1.807) is 4.90 Å². The zero-order valence-electron chi connectivity index (χ0n) is 10.2. The highest BCUT2D eigenvalue weighted by atomic mass is 35.5. The molecule has 1 amide bonds. The van der Waals surface area contributed by atoms with Gasteiger partial charge in [-0.1, -0.05) is 6.92 Å². The molecule has 0 aliphatic carbocycles. The Labute approximate surface area is 109 Å². The molecule has 2 atom stereocenters. The van der Waals surface area contributed by atoms with Gasteiger partial charge >= 0.3 is 6.18 Å². The predicted molar refractivity (Wildman–Crippen MR) is 61.5 cm³/mol. The fraction of sp³-hybridized carbons (Fsp3) is 0.909. The van der Waals surface area contributed by atoms with Crippen LogP contribution in [0.1, 0.15) is 19.8 Å². The normalized spacial score (nSPS) is 25.3. The Kier molecular flexibility index (Phi) is 5.72. The van der Waals surface area contributed by atoms with E-state index in [4.69, 9.17) is 11.6 Å². The van der Waals surface area contributed by atoms with Crippen LogP contribution in [0.25, 0.3) is 0 Å². The Morgan fingerprint density at radius 1 is 1.50 bits per heavy atom. The highest BCUT2D eigenvalue weighted by Crippen LogP contribution is 2.22. The van der Waals surface area contributed by atoms with Crippen molar-refractivity contribution in [3.8, 4) is 0 Å². The summed E-state index contributed by atoms with van der Waals surface area (Å²) in [6.45, 7) is 1.58. The minimum absolute atomic E-state index is 0.0181. The van der Waals surface area contributed by atoms with Gasteiger partial charge in [-0.15, -0.1) is 11.6 Å². The second kappa shape index (κ2) is 6.61. The van der Waals surface area contributed by atoms with E-state index in [2.05, 4.69) is 4.74 Å². The van der Waals surface area contributed by atoms with Gasteiger partial charge in [-0.3, -0.25) is 4.79 Å². The van der Waals surface area contributed by atoms with Crippen LogP contribution in [0.15, 0.2) is 0 Å². The summed E-state index contributed by atoms with van der Waals surface area (Å²) in [4.78, 5) is 13.3. The molecule has 1 aliphatic rings. The van der Waals surface area contributed by atoms with Crippen LogP contribution in [0.4, 0.5) is 13.2 Å². The van der Waals surface area contributed by atoms with Crippen molar-refractivity contribution < 1.29 is 22.7 Å². The van der Waals surface area contributed by atoms with Crippen molar-refractivity contribution in [2.45, 2.75) is 31.3 Å². The highest BCUT2D eigenvalue weighted by Gasteiger charge is 2.29. The fourth-order valence-corrected chi connectivity index (χ4v) is 2.03. The van der Waals surface area contributed by atoms with Crippen molar-refractivity contribution in [3.63, 3.8) is 0 Å². The largest absolute Gasteiger partial charge is 0.411 e. The van der Waals surface area contributed by atoms with Crippen LogP contribution in [-0.4, -0.2) is 48.7 Å². The minimum Gasteiger partial charge on any atom is -0.372 e. The first-order valence-electron chi connectivity index (χ1n) is 5.86. The third-order valence-corrected chi connectivity index (χ3v) is 3.53. The van der Waals surface area contributed by atoms with Crippen molar-refractivity contribution >= 4 is 17.5 Å². The van der Waals surface area contributed by atoms with Gasteiger partial charge in [0.15, 0.2) is 0 Å². The maximum Gasteiger partial charge on any atom is 0.411 e. The third kappa shape index (κ3) is 5.44. The van der Waals surface area contributed by atoms with Gasteiger partial charge in [-0.2, -0.15) is 13.2 Å². The number of likely N-dealkylation sites (tertiary alicyclic amines) is 1. The van der Waals surface area contributed by atoms with Gasteiger partial charge in [-0.25, -0.2) is 0 Å². The number of piperidine rings is 1. The SMILES string of the molecule is CC1CN(C(=O)CCOCC(F)(F)F)CCC1Cl. The zero-order chi connectivity index (χ0) is 13.8. The van der Waals surface area contributed by atoms with Crippen LogP contribution in [0, 0.1) is 5.92 Å². The van der Waals surface area contributed by atoms with Crippen molar-refractivity contribution in [2.75, 3.05) is 26.3 Å². The van der Waals surface area contributed by atoms with Gasteiger partial charge in [0.2, 0.25) is 5.91 Å². The Balaban J connectivity index is 2.21. The van der Waals surface area contributed by atoms with E-state index in [1.165, 1.54) is 0 Å². The van der Waals surface area contributed by atoms with E-state index in [0.717, 1.165) is 6.42 Å². The summed E-state index contributed by atoms with van der Waals surface area (Å²) < 4.78 is 39.8.